The molecule has 3 saturated carbocycles. The minimum absolute atomic E-state index is 0.0329. The Morgan fingerprint density at radius 2 is 1.88 bits per heavy atom. The van der Waals surface area contributed by atoms with Crippen molar-refractivity contribution in [2.24, 2.45) is 46.3 Å². The Kier molecular flexibility index (Phi) is 7.41. The molecule has 3 heteroatoms. The average Bonchev–Trinajstić information content (AvgIpc) is 3.11. The fourth-order valence-corrected chi connectivity index (χ4v) is 9.03. The third-order valence-electron chi connectivity index (χ3n) is 10.7. The lowest BCUT2D eigenvalue weighted by atomic mass is 9.47. The van der Waals surface area contributed by atoms with Crippen LogP contribution in [0, 0.1) is 46.3 Å². The van der Waals surface area contributed by atoms with Crippen LogP contribution >= 0.6 is 11.6 Å². The number of rotatable bonds is 7. The lowest BCUT2D eigenvalue weighted by Gasteiger charge is -2.58. The van der Waals surface area contributed by atoms with E-state index < -0.39 is 0 Å². The van der Waals surface area contributed by atoms with E-state index in [1.807, 2.05) is 0 Å². The van der Waals surface area contributed by atoms with Gasteiger partial charge in [-0.2, -0.15) is 0 Å². The molecule has 0 aromatic carbocycles. The van der Waals surface area contributed by atoms with Crippen LogP contribution in [0.15, 0.2) is 11.6 Å². The van der Waals surface area contributed by atoms with Crippen LogP contribution < -0.4 is 0 Å². The van der Waals surface area contributed by atoms with Crippen molar-refractivity contribution in [3.05, 3.63) is 11.6 Å². The van der Waals surface area contributed by atoms with Crippen molar-refractivity contribution in [1.29, 1.82) is 0 Å². The van der Waals surface area contributed by atoms with Gasteiger partial charge in [-0.3, -0.25) is 4.79 Å². The predicted octanol–water partition coefficient (Wildman–Crippen LogP) is 8.18. The zero-order chi connectivity index (χ0) is 23.1. The number of alkyl halides is 1. The molecule has 0 aliphatic heterocycles. The highest BCUT2D eigenvalue weighted by Crippen LogP contribution is 2.67. The number of carbonyl (C=O) groups is 1. The molecule has 4 aliphatic rings. The normalized spacial score (nSPS) is 42.0. The highest BCUT2D eigenvalue weighted by atomic mass is 35.5. The molecule has 0 spiro atoms. The molecule has 0 heterocycles. The van der Waals surface area contributed by atoms with Crippen molar-refractivity contribution in [3.63, 3.8) is 0 Å². The van der Waals surface area contributed by atoms with E-state index in [9.17, 15) is 4.79 Å². The van der Waals surface area contributed by atoms with Gasteiger partial charge >= 0.3 is 5.97 Å². The number of ether oxygens (including phenoxy) is 1. The van der Waals surface area contributed by atoms with Gasteiger partial charge in [0.2, 0.25) is 0 Å². The second-order valence-corrected chi connectivity index (χ2v) is 13.0. The molecular formula is C29H47ClO2. The van der Waals surface area contributed by atoms with Crippen LogP contribution in [0.4, 0.5) is 0 Å². The lowest BCUT2D eigenvalue weighted by molar-refractivity contribution is -0.148. The summed E-state index contributed by atoms with van der Waals surface area (Å²) in [5.74, 6) is 4.92. The molecule has 8 atom stereocenters. The molecule has 0 bridgehead atoms. The number of halogens is 1. The van der Waals surface area contributed by atoms with Gasteiger partial charge in [-0.05, 0) is 91.3 Å². The van der Waals surface area contributed by atoms with Crippen molar-refractivity contribution in [1.82, 2.24) is 0 Å². The first-order valence-corrected chi connectivity index (χ1v) is 14.2. The third kappa shape index (κ3) is 4.44. The Labute approximate surface area is 202 Å². The number of hydrogen-bond donors (Lipinski definition) is 0. The van der Waals surface area contributed by atoms with Crippen LogP contribution in [0.2, 0.25) is 0 Å². The molecule has 0 aromatic rings. The molecule has 4 aliphatic carbocycles. The Morgan fingerprint density at radius 3 is 2.59 bits per heavy atom. The van der Waals surface area contributed by atoms with Gasteiger partial charge in [-0.1, -0.05) is 65.5 Å². The van der Waals surface area contributed by atoms with Gasteiger partial charge in [0, 0.05) is 6.42 Å². The Balaban J connectivity index is 1.45. The molecule has 0 amide bonds. The van der Waals surface area contributed by atoms with Gasteiger partial charge in [0.1, 0.15) is 12.0 Å². The maximum Gasteiger partial charge on any atom is 0.321 e. The van der Waals surface area contributed by atoms with E-state index >= 15 is 0 Å². The molecule has 0 radical (unpaired) electrons. The lowest BCUT2D eigenvalue weighted by Crippen LogP contribution is -2.51. The van der Waals surface area contributed by atoms with Crippen molar-refractivity contribution in [2.45, 2.75) is 111 Å². The average molecular weight is 463 g/mol. The summed E-state index contributed by atoms with van der Waals surface area (Å²) in [5.41, 5.74) is 2.44. The van der Waals surface area contributed by atoms with Gasteiger partial charge in [0.15, 0.2) is 0 Å². The Hall–Kier alpha value is -0.500. The maximum absolute atomic E-state index is 11.7. The number of allylic oxidation sites excluding steroid dienone is 1. The summed E-state index contributed by atoms with van der Waals surface area (Å²) >= 11 is 5.68. The molecular weight excluding hydrogens is 416 g/mol. The highest BCUT2D eigenvalue weighted by Gasteiger charge is 2.59. The minimum Gasteiger partial charge on any atom is -0.461 e. The molecule has 32 heavy (non-hydrogen) atoms. The summed E-state index contributed by atoms with van der Waals surface area (Å²) in [6, 6.07) is 0. The van der Waals surface area contributed by atoms with E-state index in [-0.39, 0.29) is 18.0 Å². The SMILES string of the molecule is CC(C)CCCC(C)C1CCC2C3CC=C4C[C@@H](OC(=O)CCl)CCC4(C)C3CCC12C. The summed E-state index contributed by atoms with van der Waals surface area (Å²) in [6.07, 6.45) is 16.9. The minimum atomic E-state index is -0.262. The van der Waals surface area contributed by atoms with Crippen LogP contribution in [-0.2, 0) is 9.53 Å². The van der Waals surface area contributed by atoms with Crippen molar-refractivity contribution in [3.8, 4) is 0 Å². The Morgan fingerprint density at radius 1 is 1.09 bits per heavy atom. The van der Waals surface area contributed by atoms with E-state index in [1.54, 1.807) is 5.57 Å². The van der Waals surface area contributed by atoms with Gasteiger partial charge < -0.3 is 4.74 Å². The van der Waals surface area contributed by atoms with Crippen molar-refractivity contribution >= 4 is 17.6 Å². The van der Waals surface area contributed by atoms with E-state index in [0.717, 1.165) is 48.3 Å². The summed E-state index contributed by atoms with van der Waals surface area (Å²) < 4.78 is 5.63. The van der Waals surface area contributed by atoms with E-state index in [1.165, 1.54) is 57.8 Å². The van der Waals surface area contributed by atoms with E-state index in [4.69, 9.17) is 16.3 Å². The van der Waals surface area contributed by atoms with Crippen molar-refractivity contribution < 1.29 is 9.53 Å². The number of fused-ring (bicyclic) bond motifs is 5. The summed E-state index contributed by atoms with van der Waals surface area (Å²) in [5, 5.41) is 0. The monoisotopic (exact) mass is 462 g/mol. The largest absolute Gasteiger partial charge is 0.461 e. The summed E-state index contributed by atoms with van der Waals surface area (Å²) in [6.45, 7) is 12.5. The van der Waals surface area contributed by atoms with Gasteiger partial charge in [-0.25, -0.2) is 0 Å². The van der Waals surface area contributed by atoms with Crippen LogP contribution in [0.25, 0.3) is 0 Å². The fraction of sp³-hybridized carbons (Fsp3) is 0.897. The smallest absolute Gasteiger partial charge is 0.321 e. The van der Waals surface area contributed by atoms with Gasteiger partial charge in [0.05, 0.1) is 0 Å². The second-order valence-electron chi connectivity index (χ2n) is 12.8. The first kappa shape index (κ1) is 24.6. The molecule has 4 rings (SSSR count). The fourth-order valence-electron chi connectivity index (χ4n) is 8.97. The molecule has 0 aromatic heterocycles. The summed E-state index contributed by atoms with van der Waals surface area (Å²) in [7, 11) is 0. The first-order valence-electron chi connectivity index (χ1n) is 13.6. The van der Waals surface area contributed by atoms with E-state index in [2.05, 4.69) is 40.7 Å². The first-order chi connectivity index (χ1) is 15.2. The number of carbonyl (C=O) groups excluding carboxylic acids is 1. The molecule has 0 N–H and O–H groups in total. The zero-order valence-electron chi connectivity index (χ0n) is 21.3. The number of hydrogen-bond acceptors (Lipinski definition) is 2. The quantitative estimate of drug-likeness (QED) is 0.216. The van der Waals surface area contributed by atoms with Gasteiger partial charge in [-0.15, -0.1) is 11.6 Å². The van der Waals surface area contributed by atoms with Gasteiger partial charge in [0.25, 0.3) is 0 Å². The topological polar surface area (TPSA) is 26.3 Å². The van der Waals surface area contributed by atoms with E-state index in [0.29, 0.717) is 10.8 Å². The second kappa shape index (κ2) is 9.63. The number of esters is 1. The molecule has 3 fully saturated rings. The van der Waals surface area contributed by atoms with Crippen LogP contribution in [-0.4, -0.2) is 18.0 Å². The molecule has 182 valence electrons. The Bertz CT molecular complexity index is 714. The molecule has 7 unspecified atom stereocenters. The molecule has 2 nitrogen and oxygen atoms in total. The summed E-state index contributed by atoms with van der Waals surface area (Å²) in [4.78, 5) is 11.7. The van der Waals surface area contributed by atoms with Crippen LogP contribution in [0.5, 0.6) is 0 Å². The van der Waals surface area contributed by atoms with Crippen LogP contribution in [0.1, 0.15) is 105 Å². The van der Waals surface area contributed by atoms with Crippen molar-refractivity contribution in [2.75, 3.05) is 5.88 Å². The molecule has 0 saturated heterocycles. The zero-order valence-corrected chi connectivity index (χ0v) is 22.1. The maximum atomic E-state index is 11.7. The highest BCUT2D eigenvalue weighted by molar-refractivity contribution is 6.26. The predicted molar refractivity (Wildman–Crippen MR) is 134 cm³/mol. The third-order valence-corrected chi connectivity index (χ3v) is 10.9. The standard InChI is InChI=1S/C29H47ClO2/c1-19(2)7-6-8-20(3)24-11-12-25-23-10-9-21-17-22(32-27(31)18-30)13-15-28(21,4)26(23)14-16-29(24,25)5/h9,19-20,22-26H,6-8,10-18H2,1-5H3/t20?,22-,23?,24?,25?,26?,28?,29?/m0/s1. The van der Waals surface area contributed by atoms with Crippen LogP contribution in [0.3, 0.4) is 0 Å².